The number of aromatic nitrogens is 1. The number of nitrogens with two attached hydrogens (primary N) is 2. The third kappa shape index (κ3) is 8.87. The van der Waals surface area contributed by atoms with E-state index in [1.165, 1.54) is 0 Å². The molecular formula is C31H34ClN4O5P. The van der Waals surface area contributed by atoms with Crippen LogP contribution in [0.15, 0.2) is 95.5 Å². The fraction of sp³-hybridized carbons (Fsp3) is 0.258. The molecular weight excluding hydrogens is 575 g/mol. The molecule has 1 aromatic heterocycles. The highest BCUT2D eigenvalue weighted by atomic mass is 35.5. The molecule has 1 unspecified atom stereocenters. The number of aryl methyl sites for hydroxylation is 1. The number of amides is 2. The Balaban J connectivity index is 1.53. The van der Waals surface area contributed by atoms with Crippen molar-refractivity contribution in [3.8, 4) is 11.3 Å². The molecule has 0 aliphatic carbocycles. The van der Waals surface area contributed by atoms with Gasteiger partial charge in [0.1, 0.15) is 17.5 Å². The molecule has 0 fully saturated rings. The van der Waals surface area contributed by atoms with Gasteiger partial charge in [-0.2, -0.15) is 0 Å². The van der Waals surface area contributed by atoms with Gasteiger partial charge < -0.3 is 26.2 Å². The first-order chi connectivity index (χ1) is 20.1. The Morgan fingerprint density at radius 3 is 2.19 bits per heavy atom. The van der Waals surface area contributed by atoms with E-state index in [0.717, 1.165) is 16.7 Å². The molecule has 6 N–H and O–H groups in total. The molecule has 11 heteroatoms. The summed E-state index contributed by atoms with van der Waals surface area (Å²) in [6, 6.07) is 26.3. The molecule has 0 spiro atoms. The van der Waals surface area contributed by atoms with Crippen molar-refractivity contribution in [2.45, 2.75) is 37.5 Å². The van der Waals surface area contributed by atoms with Crippen molar-refractivity contribution in [3.63, 3.8) is 0 Å². The lowest BCUT2D eigenvalue weighted by Crippen LogP contribution is -2.49. The van der Waals surface area contributed by atoms with Gasteiger partial charge in [-0.15, -0.1) is 0 Å². The molecule has 0 bridgehead atoms. The molecule has 4 atom stereocenters. The monoisotopic (exact) mass is 608 g/mol. The van der Waals surface area contributed by atoms with Crippen LogP contribution in [0.3, 0.4) is 0 Å². The van der Waals surface area contributed by atoms with Crippen molar-refractivity contribution in [1.82, 2.24) is 10.5 Å². The molecule has 1 heterocycles. The van der Waals surface area contributed by atoms with Crippen molar-refractivity contribution in [3.05, 3.63) is 113 Å². The average molecular weight is 609 g/mol. The summed E-state index contributed by atoms with van der Waals surface area (Å²) in [5, 5.41) is 7.34. The highest BCUT2D eigenvalue weighted by molar-refractivity contribution is 7.58. The summed E-state index contributed by atoms with van der Waals surface area (Å²) in [6.45, 7) is 0. The summed E-state index contributed by atoms with van der Waals surface area (Å²) in [4.78, 5) is 36.9. The zero-order valence-electron chi connectivity index (χ0n) is 22.9. The van der Waals surface area contributed by atoms with Crippen molar-refractivity contribution in [1.29, 1.82) is 0 Å². The van der Waals surface area contributed by atoms with Gasteiger partial charge in [-0.05, 0) is 36.1 Å². The molecule has 0 saturated carbocycles. The second kappa shape index (κ2) is 14.4. The smallest absolute Gasteiger partial charge is 0.240 e. The molecule has 9 nitrogen and oxygen atoms in total. The molecule has 2 amide bonds. The standard InChI is InChI=1S/C31H34ClN4O5P/c32-25-14-12-23(13-15-25)27-19-26(41-36-27)18-24(20-42(39,40)29(33)16-11-21-7-3-1-4-8-21)31(38)35-28(30(34)37)17-22-9-5-2-6-10-22/h1-10,12-15,19,24,28-29H,11,16-18,20,33H2,(H2,34,37)(H,35,38)(H,39,40)/t24-,28+,29-/m1/s1. The van der Waals surface area contributed by atoms with Gasteiger partial charge in [0.05, 0.1) is 11.7 Å². The molecule has 0 aliphatic heterocycles. The summed E-state index contributed by atoms with van der Waals surface area (Å²) < 4.78 is 19.0. The second-order valence-electron chi connectivity index (χ2n) is 10.3. The van der Waals surface area contributed by atoms with Crippen LogP contribution in [0, 0.1) is 5.92 Å². The Morgan fingerprint density at radius 2 is 1.57 bits per heavy atom. The number of rotatable bonds is 14. The summed E-state index contributed by atoms with van der Waals surface area (Å²) >= 11 is 5.99. The van der Waals surface area contributed by atoms with Crippen molar-refractivity contribution < 1.29 is 23.6 Å². The number of carbonyl (C=O) groups excluding carboxylic acids is 2. The van der Waals surface area contributed by atoms with Gasteiger partial charge in [0.15, 0.2) is 0 Å². The third-order valence-corrected chi connectivity index (χ3v) is 9.54. The molecule has 0 saturated heterocycles. The van der Waals surface area contributed by atoms with Gasteiger partial charge in [0, 0.05) is 35.7 Å². The second-order valence-corrected chi connectivity index (χ2v) is 13.2. The lowest BCUT2D eigenvalue weighted by atomic mass is 10.0. The third-order valence-electron chi connectivity index (χ3n) is 7.03. The fourth-order valence-corrected chi connectivity index (χ4v) is 6.48. The van der Waals surface area contributed by atoms with Gasteiger partial charge in [0.2, 0.25) is 19.2 Å². The Bertz CT molecular complexity index is 1520. The van der Waals surface area contributed by atoms with Crippen LogP contribution in [0.5, 0.6) is 0 Å². The van der Waals surface area contributed by atoms with Gasteiger partial charge in [-0.1, -0.05) is 89.6 Å². The van der Waals surface area contributed by atoms with Gasteiger partial charge in [-0.25, -0.2) is 0 Å². The number of carbonyl (C=O) groups is 2. The minimum Gasteiger partial charge on any atom is -0.368 e. The van der Waals surface area contributed by atoms with Crippen LogP contribution < -0.4 is 16.8 Å². The molecule has 3 aromatic carbocycles. The number of primary amides is 1. The zero-order valence-corrected chi connectivity index (χ0v) is 24.6. The zero-order chi connectivity index (χ0) is 30.1. The highest BCUT2D eigenvalue weighted by Crippen LogP contribution is 2.48. The predicted molar refractivity (Wildman–Crippen MR) is 163 cm³/mol. The Labute approximate surface area is 249 Å². The maximum absolute atomic E-state index is 13.6. The molecule has 0 radical (unpaired) electrons. The van der Waals surface area contributed by atoms with E-state index in [4.69, 9.17) is 27.6 Å². The number of hydrogen-bond acceptors (Lipinski definition) is 6. The largest absolute Gasteiger partial charge is 0.368 e. The average Bonchev–Trinajstić information content (AvgIpc) is 3.45. The van der Waals surface area contributed by atoms with E-state index >= 15 is 0 Å². The summed E-state index contributed by atoms with van der Waals surface area (Å²) in [6.07, 6.45) is 0.483. The number of halogens is 1. The predicted octanol–water partition coefficient (Wildman–Crippen LogP) is 4.55. The van der Waals surface area contributed by atoms with Crippen molar-refractivity contribution in [2.75, 3.05) is 6.16 Å². The summed E-state index contributed by atoms with van der Waals surface area (Å²) in [5.41, 5.74) is 14.9. The molecule has 42 heavy (non-hydrogen) atoms. The van der Waals surface area contributed by atoms with E-state index < -0.39 is 43.1 Å². The Kier molecular flexibility index (Phi) is 10.7. The number of benzene rings is 3. The summed E-state index contributed by atoms with van der Waals surface area (Å²) in [7, 11) is -4.03. The van der Waals surface area contributed by atoms with Crippen molar-refractivity contribution in [2.24, 2.45) is 17.4 Å². The lowest BCUT2D eigenvalue weighted by Gasteiger charge is -2.25. The van der Waals surface area contributed by atoms with Gasteiger partial charge in [-0.3, -0.25) is 14.2 Å². The normalized spacial score (nSPS) is 14.8. The maximum Gasteiger partial charge on any atom is 0.240 e. The van der Waals surface area contributed by atoms with Crippen LogP contribution in [0.2, 0.25) is 5.02 Å². The molecule has 0 aliphatic rings. The number of nitrogens with zero attached hydrogens (tertiary/aromatic N) is 1. The fourth-order valence-electron chi connectivity index (χ4n) is 4.62. The van der Waals surface area contributed by atoms with E-state index in [1.807, 2.05) is 60.7 Å². The first-order valence-electron chi connectivity index (χ1n) is 13.6. The summed E-state index contributed by atoms with van der Waals surface area (Å²) in [5.74, 6) is -3.10. The van der Waals surface area contributed by atoms with Crippen LogP contribution >= 0.6 is 19.0 Å². The first-order valence-corrected chi connectivity index (χ1v) is 15.9. The van der Waals surface area contributed by atoms with Crippen LogP contribution in [0.25, 0.3) is 11.3 Å². The SMILES string of the molecule is NC(=O)[C@H](Cc1ccccc1)NC(=O)[C@H](Cc1cc(-c2ccc(Cl)cc2)no1)CP(=O)(O)[C@@H](N)CCc1ccccc1. The quantitative estimate of drug-likeness (QED) is 0.153. The number of hydrogen-bond donors (Lipinski definition) is 4. The minimum atomic E-state index is -4.03. The van der Waals surface area contributed by atoms with Crippen molar-refractivity contribution >= 4 is 30.8 Å². The van der Waals surface area contributed by atoms with E-state index in [2.05, 4.69) is 10.5 Å². The first kappa shape index (κ1) is 31.2. The molecule has 220 valence electrons. The van der Waals surface area contributed by atoms with Crippen LogP contribution in [-0.4, -0.2) is 39.9 Å². The van der Waals surface area contributed by atoms with Crippen LogP contribution in [0.4, 0.5) is 0 Å². The van der Waals surface area contributed by atoms with Crippen LogP contribution in [0.1, 0.15) is 23.3 Å². The molecule has 4 rings (SSSR count). The van der Waals surface area contributed by atoms with Crippen LogP contribution in [-0.2, 0) is 33.4 Å². The van der Waals surface area contributed by atoms with Gasteiger partial charge >= 0.3 is 0 Å². The highest BCUT2D eigenvalue weighted by Gasteiger charge is 2.36. The van der Waals surface area contributed by atoms with Gasteiger partial charge in [0.25, 0.3) is 0 Å². The number of nitrogens with one attached hydrogen (secondary N) is 1. The maximum atomic E-state index is 13.6. The van der Waals surface area contributed by atoms with E-state index in [1.54, 1.807) is 30.3 Å². The molecule has 4 aromatic rings. The topological polar surface area (TPSA) is 162 Å². The van der Waals surface area contributed by atoms with E-state index in [0.29, 0.717) is 22.9 Å². The Morgan fingerprint density at radius 1 is 0.952 bits per heavy atom. The minimum absolute atomic E-state index is 0.0425. The van der Waals surface area contributed by atoms with E-state index in [-0.39, 0.29) is 19.3 Å². The van der Waals surface area contributed by atoms with E-state index in [9.17, 15) is 19.0 Å². The lowest BCUT2D eigenvalue weighted by molar-refractivity contribution is -0.129. The Hall–Kier alpha value is -3.75.